The molecule has 0 aliphatic rings. The molecule has 6 nitrogen and oxygen atoms in total. The lowest BCUT2D eigenvalue weighted by molar-refractivity contribution is -0.116. The molecule has 3 aromatic rings. The minimum absolute atomic E-state index is 0.0935. The molecule has 3 rings (SSSR count). The summed E-state index contributed by atoms with van der Waals surface area (Å²) in [6, 6.07) is 10.8. The van der Waals surface area contributed by atoms with Crippen LogP contribution < -0.4 is 15.5 Å². The number of amides is 1. The van der Waals surface area contributed by atoms with E-state index in [1.165, 1.54) is 29.1 Å². The minimum atomic E-state index is -0.450. The highest BCUT2D eigenvalue weighted by atomic mass is 19.1. The Morgan fingerprint density at radius 3 is 2.88 bits per heavy atom. The van der Waals surface area contributed by atoms with Crippen LogP contribution >= 0.6 is 0 Å². The first kappa shape index (κ1) is 16.6. The van der Waals surface area contributed by atoms with Gasteiger partial charge in [-0.2, -0.15) is 5.10 Å². The number of anilines is 1. The van der Waals surface area contributed by atoms with Crippen molar-refractivity contribution in [2.24, 2.45) is 0 Å². The van der Waals surface area contributed by atoms with Crippen LogP contribution in [0.15, 0.2) is 53.5 Å². The van der Waals surface area contributed by atoms with Gasteiger partial charge in [-0.1, -0.05) is 12.1 Å². The molecule has 0 radical (unpaired) electrons. The fraction of sp³-hybridized carbons (Fsp3) is 0.167. The van der Waals surface area contributed by atoms with E-state index in [1.54, 1.807) is 31.2 Å². The number of fused-ring (bicyclic) bond motifs is 1. The van der Waals surface area contributed by atoms with E-state index >= 15 is 0 Å². The molecule has 0 spiro atoms. The number of halogens is 1. The molecule has 1 N–H and O–H groups in total. The van der Waals surface area contributed by atoms with E-state index < -0.39 is 5.82 Å². The summed E-state index contributed by atoms with van der Waals surface area (Å²) in [5.74, 6) is -0.558. The SMILES string of the molecule is CCOc1cc(F)ccc1NC(=O)Cn1ncc(=O)c2ccccc21. The van der Waals surface area contributed by atoms with Gasteiger partial charge >= 0.3 is 0 Å². The average Bonchev–Trinajstić information content (AvgIpc) is 2.60. The van der Waals surface area contributed by atoms with Gasteiger partial charge in [0.2, 0.25) is 11.3 Å². The predicted molar refractivity (Wildman–Crippen MR) is 92.2 cm³/mol. The number of nitrogens with one attached hydrogen (secondary N) is 1. The van der Waals surface area contributed by atoms with Crippen LogP contribution in [0.5, 0.6) is 5.75 Å². The van der Waals surface area contributed by atoms with Crippen molar-refractivity contribution in [3.05, 3.63) is 64.7 Å². The van der Waals surface area contributed by atoms with Crippen molar-refractivity contribution >= 4 is 22.5 Å². The van der Waals surface area contributed by atoms with Crippen molar-refractivity contribution in [1.82, 2.24) is 9.78 Å². The molecule has 128 valence electrons. The molecular weight excluding hydrogens is 325 g/mol. The molecule has 0 atom stereocenters. The summed E-state index contributed by atoms with van der Waals surface area (Å²) < 4.78 is 20.1. The first-order valence-corrected chi connectivity index (χ1v) is 7.75. The van der Waals surface area contributed by atoms with E-state index in [4.69, 9.17) is 4.74 Å². The Labute approximate surface area is 142 Å². The molecule has 0 saturated carbocycles. The van der Waals surface area contributed by atoms with Gasteiger partial charge < -0.3 is 10.1 Å². The third-order valence-corrected chi connectivity index (χ3v) is 3.57. The minimum Gasteiger partial charge on any atom is -0.492 e. The number of rotatable bonds is 5. The molecular formula is C18H16FN3O3. The number of hydrogen-bond donors (Lipinski definition) is 1. The summed E-state index contributed by atoms with van der Waals surface area (Å²) in [7, 11) is 0. The second-order valence-corrected chi connectivity index (χ2v) is 5.31. The summed E-state index contributed by atoms with van der Waals surface area (Å²) in [6.45, 7) is 2.02. The van der Waals surface area contributed by atoms with Gasteiger partial charge in [0.15, 0.2) is 0 Å². The van der Waals surface area contributed by atoms with Crippen LogP contribution in [0, 0.1) is 5.82 Å². The second kappa shape index (κ2) is 7.12. The van der Waals surface area contributed by atoms with E-state index in [-0.39, 0.29) is 23.6 Å². The fourth-order valence-corrected chi connectivity index (χ4v) is 2.49. The average molecular weight is 341 g/mol. The summed E-state index contributed by atoms with van der Waals surface area (Å²) in [4.78, 5) is 24.2. The lowest BCUT2D eigenvalue weighted by Gasteiger charge is -2.13. The maximum absolute atomic E-state index is 13.3. The van der Waals surface area contributed by atoms with Gasteiger partial charge in [-0.25, -0.2) is 4.39 Å². The molecule has 1 amide bonds. The number of hydrogen-bond acceptors (Lipinski definition) is 4. The maximum atomic E-state index is 13.3. The number of para-hydroxylation sites is 1. The van der Waals surface area contributed by atoms with Crippen LogP contribution in [0.4, 0.5) is 10.1 Å². The summed E-state index contributed by atoms with van der Waals surface area (Å²) in [5, 5.41) is 7.18. The van der Waals surface area contributed by atoms with Crippen LogP contribution in [0.2, 0.25) is 0 Å². The first-order chi connectivity index (χ1) is 12.1. The standard InChI is InChI=1S/C18H16FN3O3/c1-2-25-17-9-12(19)7-8-14(17)21-18(24)11-22-15-6-4-3-5-13(15)16(23)10-20-22/h3-10H,2,11H2,1H3,(H,21,24). The van der Waals surface area contributed by atoms with Gasteiger partial charge in [0.1, 0.15) is 18.1 Å². The van der Waals surface area contributed by atoms with Crippen LogP contribution in [0.1, 0.15) is 6.92 Å². The summed E-state index contributed by atoms with van der Waals surface area (Å²) >= 11 is 0. The second-order valence-electron chi connectivity index (χ2n) is 5.31. The van der Waals surface area contributed by atoms with Crippen molar-refractivity contribution < 1.29 is 13.9 Å². The molecule has 25 heavy (non-hydrogen) atoms. The smallest absolute Gasteiger partial charge is 0.246 e. The molecule has 0 aliphatic carbocycles. The summed E-state index contributed by atoms with van der Waals surface area (Å²) in [5.41, 5.74) is 0.734. The zero-order valence-corrected chi connectivity index (χ0v) is 13.5. The fourth-order valence-electron chi connectivity index (χ4n) is 2.49. The zero-order valence-electron chi connectivity index (χ0n) is 13.5. The van der Waals surface area contributed by atoms with Crippen molar-refractivity contribution in [1.29, 1.82) is 0 Å². The number of aromatic nitrogens is 2. The molecule has 0 unspecified atom stereocenters. The molecule has 7 heteroatoms. The third-order valence-electron chi connectivity index (χ3n) is 3.57. The zero-order chi connectivity index (χ0) is 17.8. The van der Waals surface area contributed by atoms with Gasteiger partial charge in [0, 0.05) is 11.5 Å². The van der Waals surface area contributed by atoms with Crippen LogP contribution in [-0.2, 0) is 11.3 Å². The molecule has 1 aromatic heterocycles. The number of benzene rings is 2. The van der Waals surface area contributed by atoms with E-state index in [1.807, 2.05) is 0 Å². The molecule has 0 aliphatic heterocycles. The highest BCUT2D eigenvalue weighted by Gasteiger charge is 2.11. The molecule has 2 aromatic carbocycles. The van der Waals surface area contributed by atoms with Crippen molar-refractivity contribution in [2.45, 2.75) is 13.5 Å². The highest BCUT2D eigenvalue weighted by Crippen LogP contribution is 2.25. The quantitative estimate of drug-likeness (QED) is 0.774. The van der Waals surface area contributed by atoms with Crippen molar-refractivity contribution in [2.75, 3.05) is 11.9 Å². The number of carbonyl (C=O) groups is 1. The van der Waals surface area contributed by atoms with E-state index in [0.717, 1.165) is 0 Å². The third kappa shape index (κ3) is 3.65. The summed E-state index contributed by atoms with van der Waals surface area (Å²) in [6.07, 6.45) is 1.18. The largest absolute Gasteiger partial charge is 0.492 e. The van der Waals surface area contributed by atoms with Gasteiger partial charge in [-0.3, -0.25) is 14.3 Å². The van der Waals surface area contributed by atoms with Crippen LogP contribution in [-0.4, -0.2) is 22.3 Å². The normalized spacial score (nSPS) is 10.6. The van der Waals surface area contributed by atoms with E-state index in [0.29, 0.717) is 23.2 Å². The van der Waals surface area contributed by atoms with Crippen LogP contribution in [0.25, 0.3) is 10.9 Å². The number of carbonyl (C=O) groups excluding carboxylic acids is 1. The monoisotopic (exact) mass is 341 g/mol. The Morgan fingerprint density at radius 2 is 2.08 bits per heavy atom. The highest BCUT2D eigenvalue weighted by molar-refractivity contribution is 5.93. The maximum Gasteiger partial charge on any atom is 0.246 e. The lowest BCUT2D eigenvalue weighted by Crippen LogP contribution is -2.22. The lowest BCUT2D eigenvalue weighted by atomic mass is 10.2. The van der Waals surface area contributed by atoms with Crippen molar-refractivity contribution in [3.8, 4) is 5.75 Å². The van der Waals surface area contributed by atoms with Gasteiger partial charge in [-0.05, 0) is 31.2 Å². The topological polar surface area (TPSA) is 73.2 Å². The molecule has 0 saturated heterocycles. The Kier molecular flexibility index (Phi) is 4.74. The molecule has 0 bridgehead atoms. The molecule has 1 heterocycles. The van der Waals surface area contributed by atoms with Gasteiger partial charge in [0.05, 0.1) is 24.0 Å². The van der Waals surface area contributed by atoms with E-state index in [9.17, 15) is 14.0 Å². The Hall–Kier alpha value is -3.22. The van der Waals surface area contributed by atoms with Gasteiger partial charge in [-0.15, -0.1) is 0 Å². The van der Waals surface area contributed by atoms with Crippen LogP contribution in [0.3, 0.4) is 0 Å². The Morgan fingerprint density at radius 1 is 1.28 bits per heavy atom. The number of nitrogens with zero attached hydrogens (tertiary/aromatic N) is 2. The number of ether oxygens (including phenoxy) is 1. The van der Waals surface area contributed by atoms with E-state index in [2.05, 4.69) is 10.4 Å². The van der Waals surface area contributed by atoms with Gasteiger partial charge in [0.25, 0.3) is 0 Å². The Balaban J connectivity index is 1.85. The predicted octanol–water partition coefficient (Wildman–Crippen LogP) is 2.57. The van der Waals surface area contributed by atoms with Crippen molar-refractivity contribution in [3.63, 3.8) is 0 Å². The first-order valence-electron chi connectivity index (χ1n) is 7.75. The molecule has 0 fully saturated rings. The Bertz CT molecular complexity index is 985.